The zero-order valence-corrected chi connectivity index (χ0v) is 14.8. The van der Waals surface area contributed by atoms with Crippen LogP contribution in [-0.4, -0.2) is 43.7 Å². The summed E-state index contributed by atoms with van der Waals surface area (Å²) in [6, 6.07) is 0.816. The van der Waals surface area contributed by atoms with Gasteiger partial charge in [-0.05, 0) is 25.8 Å². The van der Waals surface area contributed by atoms with Gasteiger partial charge in [0.2, 0.25) is 5.91 Å². The molecule has 1 atom stereocenters. The van der Waals surface area contributed by atoms with E-state index >= 15 is 0 Å². The van der Waals surface area contributed by atoms with Gasteiger partial charge in [-0.1, -0.05) is 11.6 Å². The number of hydrogen-bond acceptors (Lipinski definition) is 4. The average Bonchev–Trinajstić information content (AvgIpc) is 2.54. The summed E-state index contributed by atoms with van der Waals surface area (Å²) < 4.78 is 43.0. The second-order valence-corrected chi connectivity index (χ2v) is 6.56. The number of piperidine rings is 1. The molecule has 1 N–H and O–H groups in total. The maximum Gasteiger partial charge on any atom is 0.417 e. The fraction of sp³-hybridized carbons (Fsp3) is 0.625. The fourth-order valence-corrected chi connectivity index (χ4v) is 3.11. The second kappa shape index (κ2) is 8.23. The van der Waals surface area contributed by atoms with E-state index in [-0.39, 0.29) is 22.9 Å². The van der Waals surface area contributed by atoms with Crippen molar-refractivity contribution in [3.05, 3.63) is 22.8 Å². The maximum absolute atomic E-state index is 12.7. The van der Waals surface area contributed by atoms with Crippen molar-refractivity contribution in [2.45, 2.75) is 32.0 Å². The first kappa shape index (κ1) is 19.8. The van der Waals surface area contributed by atoms with Crippen molar-refractivity contribution in [2.24, 2.45) is 5.92 Å². The molecule has 1 saturated heterocycles. The lowest BCUT2D eigenvalue weighted by molar-refractivity contribution is -0.137. The Labute approximate surface area is 149 Å². The molecule has 2 rings (SSSR count). The number of pyridine rings is 1. The van der Waals surface area contributed by atoms with Crippen molar-refractivity contribution in [3.8, 4) is 0 Å². The number of alkyl halides is 3. The van der Waals surface area contributed by atoms with E-state index in [2.05, 4.69) is 10.3 Å². The Hall–Kier alpha value is -1.54. The lowest BCUT2D eigenvalue weighted by atomic mass is 9.95. The fourth-order valence-electron chi connectivity index (χ4n) is 2.82. The highest BCUT2D eigenvalue weighted by Crippen LogP contribution is 2.34. The maximum atomic E-state index is 12.7. The van der Waals surface area contributed by atoms with Crippen LogP contribution in [0, 0.1) is 5.92 Å². The number of anilines is 1. The minimum Gasteiger partial charge on any atom is -0.383 e. The van der Waals surface area contributed by atoms with Crippen molar-refractivity contribution in [3.63, 3.8) is 0 Å². The Bertz CT molecular complexity index is 605. The summed E-state index contributed by atoms with van der Waals surface area (Å²) >= 11 is 5.97. The van der Waals surface area contributed by atoms with E-state index in [9.17, 15) is 18.0 Å². The summed E-state index contributed by atoms with van der Waals surface area (Å²) in [6.07, 6.45) is -2.51. The summed E-state index contributed by atoms with van der Waals surface area (Å²) in [5.74, 6) is 0.153. The van der Waals surface area contributed by atoms with Gasteiger partial charge >= 0.3 is 6.18 Å². The number of methoxy groups -OCH3 is 1. The van der Waals surface area contributed by atoms with Crippen molar-refractivity contribution >= 4 is 23.3 Å². The zero-order chi connectivity index (χ0) is 18.6. The molecule has 0 radical (unpaired) electrons. The van der Waals surface area contributed by atoms with Gasteiger partial charge < -0.3 is 15.0 Å². The normalized spacial score (nSPS) is 17.4. The van der Waals surface area contributed by atoms with Crippen LogP contribution in [0.2, 0.25) is 5.02 Å². The summed E-state index contributed by atoms with van der Waals surface area (Å²) in [4.78, 5) is 17.9. The molecule has 0 saturated carbocycles. The molecule has 25 heavy (non-hydrogen) atoms. The quantitative estimate of drug-likeness (QED) is 0.854. The highest BCUT2D eigenvalue weighted by Gasteiger charge is 2.33. The lowest BCUT2D eigenvalue weighted by Crippen LogP contribution is -2.44. The Morgan fingerprint density at radius 2 is 2.12 bits per heavy atom. The molecule has 1 aromatic heterocycles. The molecule has 5 nitrogen and oxygen atoms in total. The van der Waals surface area contributed by atoms with Crippen LogP contribution in [0.3, 0.4) is 0 Å². The Morgan fingerprint density at radius 3 is 2.64 bits per heavy atom. The van der Waals surface area contributed by atoms with E-state index in [1.165, 1.54) is 0 Å². The standard InChI is InChI=1S/C16H21ClF3N3O2/c1-10(9-25-2)22-15(24)11-3-5-23(6-4-11)14-13(17)7-12(8-21-14)16(18,19)20/h7-8,10-11H,3-6,9H2,1-2H3,(H,22,24)/t10-/m0/s1. The molecule has 1 amide bonds. The van der Waals surface area contributed by atoms with Gasteiger partial charge in [-0.25, -0.2) is 4.98 Å². The average molecular weight is 380 g/mol. The Morgan fingerprint density at radius 1 is 1.48 bits per heavy atom. The van der Waals surface area contributed by atoms with E-state index in [1.807, 2.05) is 11.8 Å². The molecule has 0 unspecified atom stereocenters. The van der Waals surface area contributed by atoms with E-state index in [1.54, 1.807) is 7.11 Å². The minimum atomic E-state index is -4.47. The van der Waals surface area contributed by atoms with Crippen LogP contribution in [0.4, 0.5) is 19.0 Å². The van der Waals surface area contributed by atoms with Gasteiger partial charge in [0.05, 0.1) is 17.2 Å². The highest BCUT2D eigenvalue weighted by atomic mass is 35.5. The van der Waals surface area contributed by atoms with Gasteiger partial charge in [0.15, 0.2) is 0 Å². The first-order valence-corrected chi connectivity index (χ1v) is 8.37. The van der Waals surface area contributed by atoms with Crippen LogP contribution in [0.15, 0.2) is 12.3 Å². The third kappa shape index (κ3) is 5.22. The van der Waals surface area contributed by atoms with Crippen LogP contribution in [0.5, 0.6) is 0 Å². The predicted octanol–water partition coefficient (Wildman–Crippen LogP) is 3.12. The molecule has 140 valence electrons. The smallest absolute Gasteiger partial charge is 0.383 e. The van der Waals surface area contributed by atoms with Gasteiger partial charge in [-0.3, -0.25) is 4.79 Å². The van der Waals surface area contributed by atoms with E-state index < -0.39 is 11.7 Å². The van der Waals surface area contributed by atoms with Gasteiger partial charge in [0.25, 0.3) is 0 Å². The molecule has 2 heterocycles. The minimum absolute atomic E-state index is 0.0318. The van der Waals surface area contributed by atoms with Gasteiger partial charge in [0, 0.05) is 38.4 Å². The number of aromatic nitrogens is 1. The molecule has 0 aromatic carbocycles. The third-order valence-corrected chi connectivity index (χ3v) is 4.40. The largest absolute Gasteiger partial charge is 0.417 e. The van der Waals surface area contributed by atoms with Crippen LogP contribution < -0.4 is 10.2 Å². The first-order valence-electron chi connectivity index (χ1n) is 7.99. The van der Waals surface area contributed by atoms with Crippen LogP contribution >= 0.6 is 11.6 Å². The van der Waals surface area contributed by atoms with Gasteiger partial charge in [-0.15, -0.1) is 0 Å². The third-order valence-electron chi connectivity index (χ3n) is 4.12. The first-order chi connectivity index (χ1) is 11.7. The van der Waals surface area contributed by atoms with E-state index in [4.69, 9.17) is 16.3 Å². The summed E-state index contributed by atoms with van der Waals surface area (Å²) in [7, 11) is 1.57. The molecule has 1 fully saturated rings. The Balaban J connectivity index is 1.95. The Kier molecular flexibility index (Phi) is 6.51. The van der Waals surface area contributed by atoms with Crippen molar-refractivity contribution in [1.29, 1.82) is 0 Å². The SMILES string of the molecule is COC[C@H](C)NC(=O)C1CCN(c2ncc(C(F)(F)F)cc2Cl)CC1. The summed E-state index contributed by atoms with van der Waals surface area (Å²) in [5, 5.41) is 2.86. The monoisotopic (exact) mass is 379 g/mol. The highest BCUT2D eigenvalue weighted by molar-refractivity contribution is 6.33. The molecule has 0 bridgehead atoms. The summed E-state index contributed by atoms with van der Waals surface area (Å²) in [6.45, 7) is 3.32. The second-order valence-electron chi connectivity index (χ2n) is 6.15. The topological polar surface area (TPSA) is 54.5 Å². The molecule has 9 heteroatoms. The molecule has 1 aliphatic rings. The van der Waals surface area contributed by atoms with Crippen LogP contribution in [0.1, 0.15) is 25.3 Å². The number of carbonyl (C=O) groups excluding carboxylic acids is 1. The van der Waals surface area contributed by atoms with Crippen molar-refractivity contribution < 1.29 is 22.7 Å². The lowest BCUT2D eigenvalue weighted by Gasteiger charge is -2.33. The number of carbonyl (C=O) groups is 1. The molecule has 1 aromatic rings. The number of amides is 1. The number of rotatable bonds is 5. The van der Waals surface area contributed by atoms with Crippen LogP contribution in [0.25, 0.3) is 0 Å². The summed E-state index contributed by atoms with van der Waals surface area (Å²) in [5.41, 5.74) is -0.873. The molecular formula is C16H21ClF3N3O2. The number of nitrogens with one attached hydrogen (secondary N) is 1. The zero-order valence-electron chi connectivity index (χ0n) is 14.1. The van der Waals surface area contributed by atoms with Crippen molar-refractivity contribution in [2.75, 3.05) is 31.7 Å². The van der Waals surface area contributed by atoms with Crippen LogP contribution in [-0.2, 0) is 15.7 Å². The number of nitrogens with zero attached hydrogens (tertiary/aromatic N) is 2. The van der Waals surface area contributed by atoms with Gasteiger partial charge in [0.1, 0.15) is 5.82 Å². The number of ether oxygens (including phenoxy) is 1. The molecule has 0 aliphatic carbocycles. The van der Waals surface area contributed by atoms with E-state index in [0.717, 1.165) is 12.3 Å². The molecular weight excluding hydrogens is 359 g/mol. The number of hydrogen-bond donors (Lipinski definition) is 1. The van der Waals surface area contributed by atoms with Gasteiger partial charge in [-0.2, -0.15) is 13.2 Å². The molecule has 1 aliphatic heterocycles. The molecule has 0 spiro atoms. The van der Waals surface area contributed by atoms with E-state index in [0.29, 0.717) is 38.4 Å². The van der Waals surface area contributed by atoms with Crippen molar-refractivity contribution in [1.82, 2.24) is 10.3 Å². The predicted molar refractivity (Wildman–Crippen MR) is 88.7 cm³/mol. The number of halogens is 4.